The highest BCUT2D eigenvalue weighted by Gasteiger charge is 2.32. The number of hydrogen-bond acceptors (Lipinski definition) is 7. The minimum absolute atomic E-state index is 0.430. The molecular weight excluding hydrogens is 258 g/mol. The molecular formula is C12H17N7O. The number of hydrogen-bond donors (Lipinski definition) is 0. The van der Waals surface area contributed by atoms with Crippen molar-refractivity contribution in [3.8, 4) is 11.7 Å². The highest BCUT2D eigenvalue weighted by atomic mass is 16.4. The Bertz CT molecular complexity index is 598. The summed E-state index contributed by atoms with van der Waals surface area (Å²) >= 11 is 0. The van der Waals surface area contributed by atoms with Gasteiger partial charge in [0.25, 0.3) is 5.89 Å². The van der Waals surface area contributed by atoms with Crippen LogP contribution in [0.4, 0.5) is 6.01 Å². The van der Waals surface area contributed by atoms with Gasteiger partial charge in [-0.2, -0.15) is 5.10 Å². The first-order valence-electron chi connectivity index (χ1n) is 6.98. The van der Waals surface area contributed by atoms with E-state index in [1.807, 2.05) is 7.05 Å². The number of anilines is 1. The van der Waals surface area contributed by atoms with Gasteiger partial charge in [0.2, 0.25) is 5.82 Å². The van der Waals surface area contributed by atoms with Crippen LogP contribution in [-0.2, 0) is 7.05 Å². The molecule has 8 heteroatoms. The SMILES string of the molecule is Cn1ncnc1-c1nnc(N2CCN3CCC2CC3)o1. The summed E-state index contributed by atoms with van der Waals surface area (Å²) in [4.78, 5) is 8.89. The fourth-order valence-corrected chi connectivity index (χ4v) is 3.05. The molecule has 0 N–H and O–H groups in total. The van der Waals surface area contributed by atoms with Crippen LogP contribution in [0.25, 0.3) is 11.7 Å². The van der Waals surface area contributed by atoms with Gasteiger partial charge in [0.05, 0.1) is 0 Å². The molecule has 20 heavy (non-hydrogen) atoms. The van der Waals surface area contributed by atoms with Crippen LogP contribution in [0.15, 0.2) is 10.7 Å². The molecule has 0 unspecified atom stereocenters. The first-order chi connectivity index (χ1) is 9.81. The first-order valence-corrected chi connectivity index (χ1v) is 6.98. The third-order valence-corrected chi connectivity index (χ3v) is 4.22. The zero-order valence-electron chi connectivity index (χ0n) is 11.4. The Morgan fingerprint density at radius 1 is 1.15 bits per heavy atom. The Labute approximate surface area is 116 Å². The lowest BCUT2D eigenvalue weighted by molar-refractivity contribution is 0.249. The Morgan fingerprint density at radius 3 is 2.75 bits per heavy atom. The van der Waals surface area contributed by atoms with E-state index in [1.54, 1.807) is 4.68 Å². The van der Waals surface area contributed by atoms with E-state index in [0.717, 1.165) is 13.1 Å². The second kappa shape index (κ2) is 4.55. The van der Waals surface area contributed by atoms with Gasteiger partial charge < -0.3 is 14.2 Å². The number of fused-ring (bicyclic) bond motifs is 4. The Morgan fingerprint density at radius 2 is 2.00 bits per heavy atom. The Kier molecular flexibility index (Phi) is 2.69. The van der Waals surface area contributed by atoms with Gasteiger partial charge in [0.15, 0.2) is 0 Å². The van der Waals surface area contributed by atoms with Crippen molar-refractivity contribution in [2.24, 2.45) is 7.05 Å². The standard InChI is InChI=1S/C12H17N7O/c1-17-10(13-8-14-17)11-15-16-12(20-11)19-7-6-18-4-2-9(19)3-5-18/h8-9H,2-7H2,1H3. The zero-order chi connectivity index (χ0) is 13.5. The van der Waals surface area contributed by atoms with Gasteiger partial charge >= 0.3 is 6.01 Å². The van der Waals surface area contributed by atoms with Crippen LogP contribution >= 0.6 is 0 Å². The van der Waals surface area contributed by atoms with Crippen molar-refractivity contribution in [1.82, 2.24) is 29.9 Å². The number of aromatic nitrogens is 5. The maximum atomic E-state index is 5.82. The quantitative estimate of drug-likeness (QED) is 0.772. The van der Waals surface area contributed by atoms with Crippen molar-refractivity contribution >= 4 is 6.01 Å². The summed E-state index contributed by atoms with van der Waals surface area (Å²) in [5.41, 5.74) is 0. The van der Waals surface area contributed by atoms with Crippen LogP contribution in [0.5, 0.6) is 0 Å². The first kappa shape index (κ1) is 11.8. The third kappa shape index (κ3) is 1.87. The smallest absolute Gasteiger partial charge is 0.318 e. The fourth-order valence-electron chi connectivity index (χ4n) is 3.05. The lowest BCUT2D eigenvalue weighted by Gasteiger charge is -2.29. The molecule has 3 saturated heterocycles. The van der Waals surface area contributed by atoms with Crippen molar-refractivity contribution < 1.29 is 4.42 Å². The monoisotopic (exact) mass is 275 g/mol. The van der Waals surface area contributed by atoms with Crippen LogP contribution < -0.4 is 4.90 Å². The van der Waals surface area contributed by atoms with E-state index < -0.39 is 0 Å². The number of aryl methyl sites for hydroxylation is 1. The summed E-state index contributed by atoms with van der Waals surface area (Å²) in [5, 5.41) is 12.3. The average Bonchev–Trinajstić information content (AvgIpc) is 3.00. The van der Waals surface area contributed by atoms with E-state index in [4.69, 9.17) is 4.42 Å². The van der Waals surface area contributed by atoms with E-state index in [1.165, 1.54) is 32.3 Å². The normalized spacial score (nSPS) is 25.9. The second-order valence-electron chi connectivity index (χ2n) is 5.36. The molecule has 3 fully saturated rings. The van der Waals surface area contributed by atoms with Crippen LogP contribution in [0.1, 0.15) is 12.8 Å². The van der Waals surface area contributed by atoms with E-state index in [0.29, 0.717) is 23.8 Å². The van der Waals surface area contributed by atoms with E-state index in [2.05, 4.69) is 30.1 Å². The van der Waals surface area contributed by atoms with Crippen molar-refractivity contribution in [2.45, 2.75) is 18.9 Å². The molecule has 2 aromatic rings. The van der Waals surface area contributed by atoms with Gasteiger partial charge in [-0.15, -0.1) is 5.10 Å². The van der Waals surface area contributed by atoms with Crippen LogP contribution in [-0.4, -0.2) is 62.1 Å². The molecule has 0 radical (unpaired) electrons. The molecule has 5 heterocycles. The summed E-state index contributed by atoms with van der Waals surface area (Å²) < 4.78 is 7.45. The van der Waals surface area contributed by atoms with Gasteiger partial charge in [0, 0.05) is 39.3 Å². The van der Waals surface area contributed by atoms with Gasteiger partial charge in [-0.3, -0.25) is 0 Å². The largest absolute Gasteiger partial charge is 0.400 e. The minimum atomic E-state index is 0.430. The highest BCUT2D eigenvalue weighted by molar-refractivity contribution is 5.42. The molecule has 3 aliphatic heterocycles. The summed E-state index contributed by atoms with van der Waals surface area (Å²) in [6.45, 7) is 4.36. The lowest BCUT2D eigenvalue weighted by atomic mass is 10.1. The molecule has 106 valence electrons. The minimum Gasteiger partial charge on any atom is -0.400 e. The molecule has 0 saturated carbocycles. The van der Waals surface area contributed by atoms with Crippen LogP contribution in [0, 0.1) is 0 Å². The van der Waals surface area contributed by atoms with Crippen LogP contribution in [0.3, 0.4) is 0 Å². The van der Waals surface area contributed by atoms with Crippen molar-refractivity contribution in [3.63, 3.8) is 0 Å². The van der Waals surface area contributed by atoms with Crippen molar-refractivity contribution in [3.05, 3.63) is 6.33 Å². The average molecular weight is 275 g/mol. The van der Waals surface area contributed by atoms with Crippen LogP contribution in [0.2, 0.25) is 0 Å². The molecule has 0 spiro atoms. The second-order valence-corrected chi connectivity index (χ2v) is 5.36. The van der Waals surface area contributed by atoms with E-state index in [-0.39, 0.29) is 0 Å². The van der Waals surface area contributed by atoms with Gasteiger partial charge in [0.1, 0.15) is 6.33 Å². The fraction of sp³-hybridized carbons (Fsp3) is 0.667. The molecule has 0 aromatic carbocycles. The molecule has 2 bridgehead atoms. The zero-order valence-corrected chi connectivity index (χ0v) is 11.4. The Balaban J connectivity index is 1.63. The predicted octanol–water partition coefficient (Wildman–Crippen LogP) is 0.149. The molecule has 0 atom stereocenters. The third-order valence-electron chi connectivity index (χ3n) is 4.22. The molecule has 2 aromatic heterocycles. The van der Waals surface area contributed by atoms with E-state index in [9.17, 15) is 0 Å². The predicted molar refractivity (Wildman–Crippen MR) is 71.1 cm³/mol. The number of rotatable bonds is 2. The molecule has 0 amide bonds. The molecule has 0 aliphatic carbocycles. The van der Waals surface area contributed by atoms with E-state index >= 15 is 0 Å². The Hall–Kier alpha value is -1.96. The molecule has 8 nitrogen and oxygen atoms in total. The summed E-state index contributed by atoms with van der Waals surface area (Å²) in [6.07, 6.45) is 3.82. The topological polar surface area (TPSA) is 76.1 Å². The summed E-state index contributed by atoms with van der Waals surface area (Å²) in [7, 11) is 1.81. The maximum absolute atomic E-state index is 5.82. The maximum Gasteiger partial charge on any atom is 0.318 e. The van der Waals surface area contributed by atoms with Gasteiger partial charge in [-0.05, 0) is 12.8 Å². The number of piperidine rings is 1. The van der Waals surface area contributed by atoms with Crippen molar-refractivity contribution in [2.75, 3.05) is 31.1 Å². The molecule has 3 aliphatic rings. The molecule has 5 rings (SSSR count). The lowest BCUT2D eigenvalue weighted by Crippen LogP contribution is -2.38. The summed E-state index contributed by atoms with van der Waals surface area (Å²) in [5.74, 6) is 1.03. The summed E-state index contributed by atoms with van der Waals surface area (Å²) in [6, 6.07) is 1.12. The van der Waals surface area contributed by atoms with Crippen molar-refractivity contribution in [1.29, 1.82) is 0 Å². The van der Waals surface area contributed by atoms with Gasteiger partial charge in [-0.1, -0.05) is 5.10 Å². The number of nitrogens with zero attached hydrogens (tertiary/aromatic N) is 7. The highest BCUT2D eigenvalue weighted by Crippen LogP contribution is 2.27. The van der Waals surface area contributed by atoms with Gasteiger partial charge in [-0.25, -0.2) is 9.67 Å².